The smallest absolute Gasteiger partial charge is 0.226 e. The molecule has 0 saturated heterocycles. The van der Waals surface area contributed by atoms with E-state index in [4.69, 9.17) is 0 Å². The van der Waals surface area contributed by atoms with Gasteiger partial charge in [-0.1, -0.05) is 25.5 Å². The molecule has 1 spiro atoms. The van der Waals surface area contributed by atoms with Gasteiger partial charge < -0.3 is 16.0 Å². The number of anilines is 3. The van der Waals surface area contributed by atoms with Gasteiger partial charge in [0.25, 0.3) is 0 Å². The second kappa shape index (κ2) is 12.3. The molecule has 8 nitrogen and oxygen atoms in total. The molecule has 2 aromatic heterocycles. The molecular weight excluding hydrogens is 474 g/mol. The normalized spacial score (nSPS) is 18.6. The lowest BCUT2D eigenvalue weighted by atomic mass is 9.97. The fourth-order valence-electron chi connectivity index (χ4n) is 5.20. The van der Waals surface area contributed by atoms with Gasteiger partial charge in [0.15, 0.2) is 0 Å². The molecule has 2 aliphatic heterocycles. The third-order valence-electron chi connectivity index (χ3n) is 7.53. The summed E-state index contributed by atoms with van der Waals surface area (Å²) in [5.41, 5.74) is 4.12. The van der Waals surface area contributed by atoms with Crippen molar-refractivity contribution in [2.45, 2.75) is 58.4 Å². The predicted octanol–water partition coefficient (Wildman–Crippen LogP) is 5.38. The van der Waals surface area contributed by atoms with Gasteiger partial charge in [-0.3, -0.25) is 9.69 Å². The first kappa shape index (κ1) is 26.1. The Balaban J connectivity index is 1.33. The minimum Gasteiger partial charge on any atom is -0.356 e. The molecule has 3 aromatic rings. The zero-order chi connectivity index (χ0) is 26.2. The first-order chi connectivity index (χ1) is 18.6. The summed E-state index contributed by atoms with van der Waals surface area (Å²) < 4.78 is 0. The van der Waals surface area contributed by atoms with Crippen LogP contribution in [0, 0.1) is 5.41 Å². The van der Waals surface area contributed by atoms with Crippen molar-refractivity contribution >= 4 is 23.4 Å². The second-order valence-electron chi connectivity index (χ2n) is 10.6. The van der Waals surface area contributed by atoms with E-state index in [1.54, 1.807) is 6.20 Å². The Labute approximate surface area is 225 Å². The zero-order valence-corrected chi connectivity index (χ0v) is 22.4. The number of carbonyl (C=O) groups is 1. The number of nitrogens with one attached hydrogen (secondary N) is 3. The number of nitrogens with zero attached hydrogens (tertiary/aromatic N) is 4. The van der Waals surface area contributed by atoms with Crippen LogP contribution in [-0.2, 0) is 11.3 Å². The molecule has 1 aliphatic carbocycles. The van der Waals surface area contributed by atoms with E-state index in [1.807, 2.05) is 24.5 Å². The third kappa shape index (κ3) is 6.86. The summed E-state index contributed by atoms with van der Waals surface area (Å²) >= 11 is 0. The van der Waals surface area contributed by atoms with Crippen LogP contribution in [0.1, 0.15) is 57.4 Å². The Morgan fingerprint density at radius 2 is 1.76 bits per heavy atom. The van der Waals surface area contributed by atoms with Gasteiger partial charge in [0.1, 0.15) is 5.82 Å². The summed E-state index contributed by atoms with van der Waals surface area (Å²) in [5.74, 6) is 1.62. The molecule has 8 heteroatoms. The molecule has 38 heavy (non-hydrogen) atoms. The van der Waals surface area contributed by atoms with Crippen LogP contribution in [-0.4, -0.2) is 51.9 Å². The monoisotopic (exact) mass is 513 g/mol. The van der Waals surface area contributed by atoms with Crippen LogP contribution in [0.5, 0.6) is 0 Å². The van der Waals surface area contributed by atoms with Crippen LogP contribution < -0.4 is 16.0 Å². The van der Waals surface area contributed by atoms with Crippen LogP contribution in [0.15, 0.2) is 55.0 Å². The molecule has 6 rings (SSSR count). The highest BCUT2D eigenvalue weighted by atomic mass is 16.2. The van der Waals surface area contributed by atoms with Crippen molar-refractivity contribution in [2.24, 2.45) is 5.41 Å². The van der Waals surface area contributed by atoms with Crippen LogP contribution in [0.4, 0.5) is 17.5 Å². The van der Waals surface area contributed by atoms with Gasteiger partial charge in [0, 0.05) is 54.9 Å². The van der Waals surface area contributed by atoms with Gasteiger partial charge in [0.2, 0.25) is 11.9 Å². The summed E-state index contributed by atoms with van der Waals surface area (Å²) in [7, 11) is 0. The Morgan fingerprint density at radius 3 is 2.58 bits per heavy atom. The third-order valence-corrected chi connectivity index (χ3v) is 7.53. The molecular formula is C30H39N7O. The number of benzene rings is 1. The Hall–Kier alpha value is -3.52. The van der Waals surface area contributed by atoms with E-state index in [1.165, 1.54) is 5.56 Å². The Morgan fingerprint density at radius 1 is 0.921 bits per heavy atom. The van der Waals surface area contributed by atoms with Gasteiger partial charge >= 0.3 is 0 Å². The highest BCUT2D eigenvalue weighted by Crippen LogP contribution is 2.50. The molecule has 1 amide bonds. The number of carbonyl (C=O) groups excluding carboxylic acids is 1. The average molecular weight is 514 g/mol. The zero-order valence-electron chi connectivity index (χ0n) is 22.4. The summed E-state index contributed by atoms with van der Waals surface area (Å²) in [6.07, 6.45) is 12.7. The van der Waals surface area contributed by atoms with Crippen molar-refractivity contribution in [3.8, 4) is 11.1 Å². The largest absolute Gasteiger partial charge is 0.356 e. The van der Waals surface area contributed by atoms with E-state index in [-0.39, 0.29) is 11.3 Å². The fourth-order valence-corrected chi connectivity index (χ4v) is 5.20. The quantitative estimate of drug-likeness (QED) is 0.424. The van der Waals surface area contributed by atoms with Crippen LogP contribution in [0.25, 0.3) is 11.1 Å². The lowest BCUT2D eigenvalue weighted by Gasteiger charge is -2.23. The lowest BCUT2D eigenvalue weighted by Crippen LogP contribution is -2.33. The molecule has 0 radical (unpaired) electrons. The first-order valence-electron chi connectivity index (χ1n) is 14.0. The Kier molecular flexibility index (Phi) is 8.48. The van der Waals surface area contributed by atoms with E-state index in [2.05, 4.69) is 67.0 Å². The molecule has 1 aromatic carbocycles. The minimum atomic E-state index is -0.125. The predicted molar refractivity (Wildman–Crippen MR) is 152 cm³/mol. The summed E-state index contributed by atoms with van der Waals surface area (Å²) in [5, 5.41) is 9.91. The maximum Gasteiger partial charge on any atom is 0.226 e. The number of hydrogen-bond acceptors (Lipinski definition) is 7. The van der Waals surface area contributed by atoms with Gasteiger partial charge in [-0.25, -0.2) is 15.0 Å². The number of aromatic nitrogens is 3. The van der Waals surface area contributed by atoms with Crippen molar-refractivity contribution in [2.75, 3.05) is 36.8 Å². The van der Waals surface area contributed by atoms with Gasteiger partial charge in [-0.05, 0) is 87.0 Å². The summed E-state index contributed by atoms with van der Waals surface area (Å²) in [4.78, 5) is 28.9. The number of pyridine rings is 1. The van der Waals surface area contributed by atoms with Gasteiger partial charge in [0.05, 0.1) is 0 Å². The number of rotatable bonds is 2. The number of hydrogen-bond donors (Lipinski definition) is 3. The topological polar surface area (TPSA) is 95.1 Å². The van der Waals surface area contributed by atoms with Crippen molar-refractivity contribution < 1.29 is 4.79 Å². The van der Waals surface area contributed by atoms with Crippen molar-refractivity contribution in [3.05, 3.63) is 60.6 Å². The highest BCUT2D eigenvalue weighted by molar-refractivity contribution is 5.85. The fraction of sp³-hybridized carbons (Fsp3) is 0.467. The second-order valence-corrected chi connectivity index (χ2v) is 10.6. The molecule has 1 saturated carbocycles. The van der Waals surface area contributed by atoms with E-state index < -0.39 is 0 Å². The standard InChI is InChI=1S/C30H39N7O/c1-2-16-37-17-4-3-10-30(11-12-30)28(38)32-13-6-14-33-29-34-20-25(21-35-29)24-9-15-31-27(19-24)36-26-8-5-7-23(18-26)22-37/h5,7-9,15,18-21H,2-4,6,10-14,16-17,22H2,1H3,(H,31,36)(H,32,38)(H,33,34,35). The Bertz CT molecular complexity index is 1210. The molecule has 1 fully saturated rings. The number of fused-ring (bicyclic) bond motifs is 12. The maximum atomic E-state index is 12.9. The average Bonchev–Trinajstić information content (AvgIpc) is 3.72. The molecule has 6 bridgehead atoms. The maximum absolute atomic E-state index is 12.9. The lowest BCUT2D eigenvalue weighted by molar-refractivity contribution is -0.126. The highest BCUT2D eigenvalue weighted by Gasteiger charge is 2.48. The van der Waals surface area contributed by atoms with Crippen molar-refractivity contribution in [1.82, 2.24) is 25.2 Å². The van der Waals surface area contributed by atoms with Crippen molar-refractivity contribution in [1.29, 1.82) is 0 Å². The van der Waals surface area contributed by atoms with Crippen LogP contribution >= 0.6 is 0 Å². The minimum absolute atomic E-state index is 0.125. The first-order valence-corrected chi connectivity index (χ1v) is 14.0. The molecule has 3 aliphatic rings. The SMILES string of the molecule is CCCN1CCCCC2(CC2)C(=O)NCCCNc2ncc(cn2)-c2ccnc(c2)Nc2cccc(c2)C1. The molecule has 0 unspecified atom stereocenters. The molecule has 4 heterocycles. The van der Waals surface area contributed by atoms with E-state index in [9.17, 15) is 4.79 Å². The molecule has 200 valence electrons. The van der Waals surface area contributed by atoms with E-state index in [0.29, 0.717) is 19.0 Å². The van der Waals surface area contributed by atoms with Crippen molar-refractivity contribution in [3.63, 3.8) is 0 Å². The summed E-state index contributed by atoms with van der Waals surface area (Å²) in [6.45, 7) is 6.66. The van der Waals surface area contributed by atoms with Gasteiger partial charge in [-0.2, -0.15) is 0 Å². The molecule has 0 atom stereocenters. The van der Waals surface area contributed by atoms with E-state index in [0.717, 1.165) is 87.2 Å². The van der Waals surface area contributed by atoms with Crippen LogP contribution in [0.3, 0.4) is 0 Å². The molecule has 3 N–H and O–H groups in total. The number of amides is 1. The van der Waals surface area contributed by atoms with Crippen LogP contribution in [0.2, 0.25) is 0 Å². The van der Waals surface area contributed by atoms with Gasteiger partial charge in [-0.15, -0.1) is 0 Å². The summed E-state index contributed by atoms with van der Waals surface area (Å²) in [6, 6.07) is 12.6. The van der Waals surface area contributed by atoms with E-state index >= 15 is 0 Å².